The zero-order valence-electron chi connectivity index (χ0n) is 12.5. The standard InChI is InChI=1S/C19H19BrN2/c20-14-9-10-17-16(11-14)15-7-4-8-18(19(15)22-17)21-12-13-5-2-1-3-6-13/h1-3,5-6,9-11,18,21-22H,4,7-8,12H2/p+1/t18-/m0/s1. The minimum Gasteiger partial charge on any atom is -0.353 e. The molecule has 0 aliphatic heterocycles. The van der Waals surface area contributed by atoms with Crippen molar-refractivity contribution in [3.63, 3.8) is 0 Å². The summed E-state index contributed by atoms with van der Waals surface area (Å²) in [5.41, 5.74) is 5.63. The first-order valence-corrected chi connectivity index (χ1v) is 8.78. The molecule has 2 nitrogen and oxygen atoms in total. The first kappa shape index (κ1) is 14.0. The first-order chi connectivity index (χ1) is 10.8. The number of rotatable bonds is 3. The van der Waals surface area contributed by atoms with Crippen molar-refractivity contribution in [1.29, 1.82) is 0 Å². The van der Waals surface area contributed by atoms with Crippen LogP contribution in [0.1, 0.15) is 35.7 Å². The molecule has 0 radical (unpaired) electrons. The Hall–Kier alpha value is -1.58. The van der Waals surface area contributed by atoms with Crippen molar-refractivity contribution in [2.75, 3.05) is 0 Å². The van der Waals surface area contributed by atoms with E-state index in [0.717, 1.165) is 11.0 Å². The molecule has 0 spiro atoms. The summed E-state index contributed by atoms with van der Waals surface area (Å²) in [6.07, 6.45) is 3.73. The van der Waals surface area contributed by atoms with Gasteiger partial charge in [-0.15, -0.1) is 0 Å². The van der Waals surface area contributed by atoms with Gasteiger partial charge in [0.25, 0.3) is 0 Å². The number of aromatic nitrogens is 1. The molecule has 3 heteroatoms. The third kappa shape index (κ3) is 2.59. The largest absolute Gasteiger partial charge is 0.353 e. The Kier molecular flexibility index (Phi) is 3.77. The summed E-state index contributed by atoms with van der Waals surface area (Å²) in [7, 11) is 0. The van der Waals surface area contributed by atoms with Crippen LogP contribution in [-0.2, 0) is 13.0 Å². The van der Waals surface area contributed by atoms with Gasteiger partial charge in [0.05, 0.1) is 5.69 Å². The van der Waals surface area contributed by atoms with Crippen LogP contribution in [0.5, 0.6) is 0 Å². The van der Waals surface area contributed by atoms with Gasteiger partial charge in [-0.1, -0.05) is 46.3 Å². The van der Waals surface area contributed by atoms with E-state index in [1.54, 1.807) is 0 Å². The van der Waals surface area contributed by atoms with Gasteiger partial charge >= 0.3 is 0 Å². The molecule has 1 aliphatic rings. The zero-order valence-corrected chi connectivity index (χ0v) is 14.1. The Morgan fingerprint density at radius 1 is 1.14 bits per heavy atom. The maximum absolute atomic E-state index is 3.68. The minimum absolute atomic E-state index is 0.551. The van der Waals surface area contributed by atoms with Crippen molar-refractivity contribution in [2.45, 2.75) is 31.8 Å². The second-order valence-electron chi connectivity index (χ2n) is 6.13. The van der Waals surface area contributed by atoms with Gasteiger partial charge in [0.1, 0.15) is 12.6 Å². The highest BCUT2D eigenvalue weighted by Crippen LogP contribution is 2.34. The van der Waals surface area contributed by atoms with Gasteiger partial charge < -0.3 is 10.3 Å². The minimum atomic E-state index is 0.551. The predicted molar refractivity (Wildman–Crippen MR) is 93.7 cm³/mol. The van der Waals surface area contributed by atoms with E-state index < -0.39 is 0 Å². The molecule has 112 valence electrons. The highest BCUT2D eigenvalue weighted by atomic mass is 79.9. The number of nitrogens with two attached hydrogens (primary N) is 1. The molecular formula is C19H20BrN2+. The van der Waals surface area contributed by atoms with Crippen molar-refractivity contribution in [3.05, 3.63) is 69.8 Å². The third-order valence-electron chi connectivity index (χ3n) is 4.69. The number of aryl methyl sites for hydroxylation is 1. The molecule has 3 N–H and O–H groups in total. The molecule has 3 aromatic rings. The number of benzene rings is 2. The van der Waals surface area contributed by atoms with Crippen molar-refractivity contribution < 1.29 is 5.32 Å². The molecule has 0 amide bonds. The summed E-state index contributed by atoms with van der Waals surface area (Å²) in [5, 5.41) is 3.87. The van der Waals surface area contributed by atoms with Crippen LogP contribution in [0.15, 0.2) is 53.0 Å². The van der Waals surface area contributed by atoms with Crippen LogP contribution in [0.3, 0.4) is 0 Å². The Morgan fingerprint density at radius 2 is 2.00 bits per heavy atom. The van der Waals surface area contributed by atoms with Crippen LogP contribution < -0.4 is 5.32 Å². The molecule has 22 heavy (non-hydrogen) atoms. The molecule has 0 fully saturated rings. The number of hydrogen-bond acceptors (Lipinski definition) is 0. The second-order valence-corrected chi connectivity index (χ2v) is 7.05. The highest BCUT2D eigenvalue weighted by molar-refractivity contribution is 9.10. The molecule has 0 bridgehead atoms. The topological polar surface area (TPSA) is 32.4 Å². The summed E-state index contributed by atoms with van der Waals surface area (Å²) < 4.78 is 1.16. The molecular weight excluding hydrogens is 336 g/mol. The van der Waals surface area contributed by atoms with Gasteiger partial charge in [-0.2, -0.15) is 0 Å². The molecule has 1 heterocycles. The number of hydrogen-bond donors (Lipinski definition) is 2. The normalized spacial score (nSPS) is 17.6. The summed E-state index contributed by atoms with van der Waals surface area (Å²) in [6.45, 7) is 1.05. The van der Waals surface area contributed by atoms with Crippen LogP contribution in [0.4, 0.5) is 0 Å². The smallest absolute Gasteiger partial charge is 0.127 e. The molecule has 1 aromatic heterocycles. The quantitative estimate of drug-likeness (QED) is 0.709. The van der Waals surface area contributed by atoms with Crippen LogP contribution in [0.25, 0.3) is 10.9 Å². The van der Waals surface area contributed by atoms with Crippen molar-refractivity contribution >= 4 is 26.8 Å². The first-order valence-electron chi connectivity index (χ1n) is 7.98. The van der Waals surface area contributed by atoms with E-state index in [1.807, 2.05) is 0 Å². The van der Waals surface area contributed by atoms with Crippen molar-refractivity contribution in [3.8, 4) is 0 Å². The summed E-state index contributed by atoms with van der Waals surface area (Å²) in [5.74, 6) is 0. The monoisotopic (exact) mass is 355 g/mol. The molecule has 0 saturated carbocycles. The van der Waals surface area contributed by atoms with Gasteiger partial charge in [-0.3, -0.25) is 0 Å². The fraction of sp³-hybridized carbons (Fsp3) is 0.263. The van der Waals surface area contributed by atoms with Crippen LogP contribution in [0.2, 0.25) is 0 Å². The Bertz CT molecular complexity index is 792. The fourth-order valence-corrected chi connectivity index (χ4v) is 3.96. The van der Waals surface area contributed by atoms with Gasteiger partial charge in [-0.05, 0) is 36.6 Å². The van der Waals surface area contributed by atoms with E-state index in [2.05, 4.69) is 74.8 Å². The van der Waals surface area contributed by atoms with Crippen molar-refractivity contribution in [1.82, 2.24) is 4.98 Å². The third-order valence-corrected chi connectivity index (χ3v) is 5.19. The fourth-order valence-electron chi connectivity index (χ4n) is 3.60. The number of aromatic amines is 1. The SMILES string of the molecule is Brc1ccc2[nH]c3c(c2c1)CCC[C@@H]3[NH2+]Cc1ccccc1. The number of nitrogens with one attached hydrogen (secondary N) is 1. The van der Waals surface area contributed by atoms with E-state index in [0.29, 0.717) is 6.04 Å². The number of H-pyrrole nitrogens is 1. The Morgan fingerprint density at radius 3 is 2.86 bits per heavy atom. The van der Waals surface area contributed by atoms with E-state index in [1.165, 1.54) is 47.0 Å². The second kappa shape index (κ2) is 5.90. The molecule has 0 unspecified atom stereocenters. The average molecular weight is 356 g/mol. The maximum Gasteiger partial charge on any atom is 0.127 e. The highest BCUT2D eigenvalue weighted by Gasteiger charge is 2.26. The summed E-state index contributed by atoms with van der Waals surface area (Å²) in [4.78, 5) is 3.68. The molecule has 1 aliphatic carbocycles. The lowest BCUT2D eigenvalue weighted by molar-refractivity contribution is -0.712. The summed E-state index contributed by atoms with van der Waals surface area (Å²) >= 11 is 3.60. The predicted octanol–water partition coefficient (Wildman–Crippen LogP) is 4.07. The lowest BCUT2D eigenvalue weighted by Gasteiger charge is -2.21. The molecule has 4 rings (SSSR count). The van der Waals surface area contributed by atoms with E-state index in [4.69, 9.17) is 0 Å². The summed E-state index contributed by atoms with van der Waals surface area (Å²) in [6, 6.07) is 17.9. The molecule has 1 atom stereocenters. The lowest BCUT2D eigenvalue weighted by Crippen LogP contribution is -2.84. The van der Waals surface area contributed by atoms with Crippen LogP contribution in [-0.4, -0.2) is 4.98 Å². The maximum atomic E-state index is 3.68. The van der Waals surface area contributed by atoms with E-state index >= 15 is 0 Å². The van der Waals surface area contributed by atoms with Gasteiger partial charge in [0.2, 0.25) is 0 Å². The number of fused-ring (bicyclic) bond motifs is 3. The average Bonchev–Trinajstić information content (AvgIpc) is 2.92. The van der Waals surface area contributed by atoms with Crippen molar-refractivity contribution in [2.24, 2.45) is 0 Å². The Balaban J connectivity index is 1.63. The van der Waals surface area contributed by atoms with E-state index in [9.17, 15) is 0 Å². The van der Waals surface area contributed by atoms with Gasteiger partial charge in [0, 0.05) is 27.4 Å². The Labute approximate surface area is 139 Å². The van der Waals surface area contributed by atoms with Crippen LogP contribution >= 0.6 is 15.9 Å². The molecule has 0 saturated heterocycles. The van der Waals surface area contributed by atoms with E-state index in [-0.39, 0.29) is 0 Å². The van der Waals surface area contributed by atoms with Gasteiger partial charge in [0.15, 0.2) is 0 Å². The zero-order chi connectivity index (χ0) is 14.9. The number of halogens is 1. The van der Waals surface area contributed by atoms with Gasteiger partial charge in [-0.25, -0.2) is 0 Å². The number of quaternary nitrogens is 1. The molecule has 2 aromatic carbocycles. The lowest BCUT2D eigenvalue weighted by atomic mass is 9.91. The van der Waals surface area contributed by atoms with Crippen LogP contribution in [0, 0.1) is 0 Å².